The predicted molar refractivity (Wildman–Crippen MR) is 129 cm³/mol. The fourth-order valence-electron chi connectivity index (χ4n) is 3.45. The second-order valence-electron chi connectivity index (χ2n) is 7.68. The van der Waals surface area contributed by atoms with E-state index >= 15 is 0 Å². The largest absolute Gasteiger partial charge is 0.372 e. The highest BCUT2D eigenvalue weighted by atomic mass is 32.2. The third-order valence-corrected chi connectivity index (χ3v) is 6.10. The van der Waals surface area contributed by atoms with Crippen LogP contribution in [-0.4, -0.2) is 30.2 Å². The zero-order chi connectivity index (χ0) is 21.3. The molecular weight excluding hydrogens is 393 g/mol. The Morgan fingerprint density at radius 2 is 1.83 bits per heavy atom. The Morgan fingerprint density at radius 3 is 2.50 bits per heavy atom. The number of nitrogens with one attached hydrogen (secondary N) is 1. The van der Waals surface area contributed by atoms with Crippen LogP contribution >= 0.6 is 11.9 Å². The lowest BCUT2D eigenvalue weighted by atomic mass is 10.2. The minimum Gasteiger partial charge on any atom is -0.372 e. The molecule has 2 heterocycles. The number of nitrogens with zero attached hydrogens (tertiary/aromatic N) is 2. The minimum absolute atomic E-state index is 0.190. The zero-order valence-corrected chi connectivity index (χ0v) is 18.9. The van der Waals surface area contributed by atoms with Gasteiger partial charge >= 0.3 is 0 Å². The van der Waals surface area contributed by atoms with Gasteiger partial charge in [0.1, 0.15) is 5.82 Å². The molecule has 0 bridgehead atoms. The van der Waals surface area contributed by atoms with Gasteiger partial charge in [-0.2, -0.15) is 0 Å². The van der Waals surface area contributed by atoms with Gasteiger partial charge in [-0.15, -0.1) is 6.58 Å². The molecule has 3 nitrogen and oxygen atoms in total. The molecule has 0 unspecified atom stereocenters. The SMILES string of the molecule is C=C(C)CCNCC.Fc1ccc2c(ccn2Sc2ccc(N3CCCC3)cc2)c1. The van der Waals surface area contributed by atoms with Crippen molar-refractivity contribution in [3.8, 4) is 0 Å². The van der Waals surface area contributed by atoms with Gasteiger partial charge < -0.3 is 10.2 Å². The average Bonchev–Trinajstić information content (AvgIpc) is 3.40. The first-order valence-electron chi connectivity index (χ1n) is 10.7. The van der Waals surface area contributed by atoms with E-state index in [0.29, 0.717) is 0 Å². The van der Waals surface area contributed by atoms with E-state index in [9.17, 15) is 4.39 Å². The zero-order valence-electron chi connectivity index (χ0n) is 18.0. The van der Waals surface area contributed by atoms with Gasteiger partial charge in [-0.3, -0.25) is 3.97 Å². The summed E-state index contributed by atoms with van der Waals surface area (Å²) in [5.74, 6) is -0.190. The van der Waals surface area contributed by atoms with Crippen molar-refractivity contribution in [3.05, 3.63) is 72.7 Å². The number of aromatic nitrogens is 1. The Morgan fingerprint density at radius 1 is 1.10 bits per heavy atom. The summed E-state index contributed by atoms with van der Waals surface area (Å²) in [5.41, 5.74) is 3.60. The lowest BCUT2D eigenvalue weighted by Gasteiger charge is -2.17. The average molecular weight is 426 g/mol. The molecule has 0 radical (unpaired) electrons. The van der Waals surface area contributed by atoms with E-state index in [-0.39, 0.29) is 5.82 Å². The number of benzene rings is 2. The molecule has 5 heteroatoms. The van der Waals surface area contributed by atoms with Crippen LogP contribution in [0.15, 0.2) is 71.8 Å². The van der Waals surface area contributed by atoms with Crippen molar-refractivity contribution < 1.29 is 4.39 Å². The van der Waals surface area contributed by atoms with Crippen LogP contribution in [0.5, 0.6) is 0 Å². The number of hydrogen-bond donors (Lipinski definition) is 1. The molecule has 1 saturated heterocycles. The van der Waals surface area contributed by atoms with E-state index in [1.807, 2.05) is 18.3 Å². The Kier molecular flexibility index (Phi) is 8.40. The second-order valence-corrected chi connectivity index (χ2v) is 8.73. The number of fused-ring (bicyclic) bond motifs is 1. The van der Waals surface area contributed by atoms with Crippen molar-refractivity contribution in [2.45, 2.75) is 38.0 Å². The molecule has 1 fully saturated rings. The van der Waals surface area contributed by atoms with Crippen molar-refractivity contribution in [1.82, 2.24) is 9.29 Å². The van der Waals surface area contributed by atoms with Gasteiger partial charge in [-0.25, -0.2) is 4.39 Å². The molecule has 1 N–H and O–H groups in total. The van der Waals surface area contributed by atoms with E-state index in [0.717, 1.165) is 30.4 Å². The summed E-state index contributed by atoms with van der Waals surface area (Å²) in [6.07, 6.45) is 5.68. The fraction of sp³-hybridized carbons (Fsp3) is 0.360. The van der Waals surface area contributed by atoms with Crippen LogP contribution in [0.3, 0.4) is 0 Å². The fourth-order valence-corrected chi connectivity index (χ4v) is 4.32. The summed E-state index contributed by atoms with van der Waals surface area (Å²) >= 11 is 1.66. The highest BCUT2D eigenvalue weighted by molar-refractivity contribution is 7.98. The Hall–Kier alpha value is -2.24. The van der Waals surface area contributed by atoms with Crippen LogP contribution < -0.4 is 10.2 Å². The van der Waals surface area contributed by atoms with Gasteiger partial charge in [0.25, 0.3) is 0 Å². The smallest absolute Gasteiger partial charge is 0.123 e. The molecule has 160 valence electrons. The van der Waals surface area contributed by atoms with Gasteiger partial charge in [0.2, 0.25) is 0 Å². The van der Waals surface area contributed by atoms with Crippen LogP contribution in [0.2, 0.25) is 0 Å². The quantitative estimate of drug-likeness (QED) is 0.345. The maximum absolute atomic E-state index is 13.2. The lowest BCUT2D eigenvalue weighted by molar-refractivity contribution is 0.629. The topological polar surface area (TPSA) is 20.2 Å². The van der Waals surface area contributed by atoms with Crippen molar-refractivity contribution >= 4 is 28.5 Å². The Labute approximate surface area is 184 Å². The minimum atomic E-state index is -0.190. The van der Waals surface area contributed by atoms with Crippen molar-refractivity contribution in [1.29, 1.82) is 0 Å². The Bertz CT molecular complexity index is 943. The van der Waals surface area contributed by atoms with Crippen molar-refractivity contribution in [2.75, 3.05) is 31.1 Å². The number of rotatable bonds is 7. The highest BCUT2D eigenvalue weighted by Gasteiger charge is 2.12. The molecular formula is C25H32FN3S. The molecule has 0 atom stereocenters. The van der Waals surface area contributed by atoms with Crippen LogP contribution in [0.4, 0.5) is 10.1 Å². The van der Waals surface area contributed by atoms with Crippen LogP contribution in [-0.2, 0) is 0 Å². The molecule has 2 aromatic carbocycles. The van der Waals surface area contributed by atoms with Gasteiger partial charge in [-0.1, -0.05) is 12.5 Å². The van der Waals surface area contributed by atoms with Gasteiger partial charge in [0.05, 0.1) is 5.52 Å². The number of hydrogen-bond acceptors (Lipinski definition) is 3. The third kappa shape index (κ3) is 6.38. The maximum Gasteiger partial charge on any atom is 0.123 e. The molecule has 0 saturated carbocycles. The summed E-state index contributed by atoms with van der Waals surface area (Å²) in [4.78, 5) is 3.62. The maximum atomic E-state index is 13.2. The first kappa shape index (κ1) is 22.4. The molecule has 1 aliphatic heterocycles. The standard InChI is InChI=1S/C18H17FN2S.C7H15N/c19-15-3-8-18-14(13-15)9-12-21(18)22-17-6-4-16(5-7-17)20-10-1-2-11-20;1-4-8-6-5-7(2)3/h3-9,12-13H,1-2,10-11H2;8H,2,4-6H2,1,3H3. The predicted octanol–water partition coefficient (Wildman–Crippen LogP) is 6.50. The van der Waals surface area contributed by atoms with Crippen LogP contribution in [0, 0.1) is 5.82 Å². The van der Waals surface area contributed by atoms with Gasteiger partial charge in [0, 0.05) is 35.3 Å². The van der Waals surface area contributed by atoms with E-state index in [1.165, 1.54) is 48.2 Å². The first-order chi connectivity index (χ1) is 14.6. The molecule has 4 rings (SSSR count). The van der Waals surface area contributed by atoms with Gasteiger partial charge in [0.15, 0.2) is 0 Å². The highest BCUT2D eigenvalue weighted by Crippen LogP contribution is 2.29. The monoisotopic (exact) mass is 425 g/mol. The lowest BCUT2D eigenvalue weighted by Crippen LogP contribution is -2.17. The van der Waals surface area contributed by atoms with Crippen LogP contribution in [0.25, 0.3) is 10.9 Å². The van der Waals surface area contributed by atoms with Crippen LogP contribution in [0.1, 0.15) is 33.1 Å². The second kappa shape index (κ2) is 11.2. The summed E-state index contributed by atoms with van der Waals surface area (Å²) in [6.45, 7) is 12.4. The molecule has 3 aromatic rings. The third-order valence-electron chi connectivity index (χ3n) is 5.11. The van der Waals surface area contributed by atoms with E-state index in [4.69, 9.17) is 0 Å². The molecule has 0 aliphatic carbocycles. The van der Waals surface area contributed by atoms with E-state index < -0.39 is 0 Å². The molecule has 1 aliphatic rings. The van der Waals surface area contributed by atoms with Crippen molar-refractivity contribution in [3.63, 3.8) is 0 Å². The molecule has 1 aromatic heterocycles. The van der Waals surface area contributed by atoms with E-state index in [1.54, 1.807) is 18.0 Å². The normalized spacial score (nSPS) is 13.4. The van der Waals surface area contributed by atoms with Crippen molar-refractivity contribution in [2.24, 2.45) is 0 Å². The molecule has 0 amide bonds. The number of anilines is 1. The van der Waals surface area contributed by atoms with Gasteiger partial charge in [-0.05, 0) is 99.8 Å². The first-order valence-corrected chi connectivity index (χ1v) is 11.5. The summed E-state index contributed by atoms with van der Waals surface area (Å²) in [6, 6.07) is 15.6. The summed E-state index contributed by atoms with van der Waals surface area (Å²) in [5, 5.41) is 4.15. The number of halogens is 1. The Balaban J connectivity index is 0.000000275. The molecule has 0 spiro atoms. The molecule has 30 heavy (non-hydrogen) atoms. The summed E-state index contributed by atoms with van der Waals surface area (Å²) < 4.78 is 15.3. The van der Waals surface area contributed by atoms with E-state index in [2.05, 4.69) is 58.9 Å². The summed E-state index contributed by atoms with van der Waals surface area (Å²) in [7, 11) is 0.